The molecule has 1 saturated carbocycles. The molecule has 2 rings (SSSR count). The molecule has 0 spiro atoms. The second-order valence-electron chi connectivity index (χ2n) is 5.07. The zero-order chi connectivity index (χ0) is 14.1. The van der Waals surface area contributed by atoms with E-state index in [4.69, 9.17) is 5.73 Å². The molecule has 0 saturated heterocycles. The van der Waals surface area contributed by atoms with Crippen LogP contribution in [0.25, 0.3) is 0 Å². The standard InChI is InChI=1S/C13H17F3N2O/c14-13(15,16)10-7-9(17)3-4-11(10)18-12(8-19)5-1-2-6-12/h3-4,7,18-19H,1-2,5-6,8,17H2. The minimum Gasteiger partial charge on any atom is -0.399 e. The van der Waals surface area contributed by atoms with Gasteiger partial charge in [0.05, 0.1) is 17.7 Å². The molecule has 106 valence electrons. The van der Waals surface area contributed by atoms with Crippen LogP contribution in [0.4, 0.5) is 24.5 Å². The number of nitrogens with one attached hydrogen (secondary N) is 1. The van der Waals surface area contributed by atoms with Crippen LogP contribution in [0.1, 0.15) is 31.2 Å². The third kappa shape index (κ3) is 2.94. The molecular formula is C13H17F3N2O. The maximum atomic E-state index is 13.0. The van der Waals surface area contributed by atoms with Gasteiger partial charge in [0.25, 0.3) is 0 Å². The molecule has 3 nitrogen and oxygen atoms in total. The fourth-order valence-corrected chi connectivity index (χ4v) is 2.57. The Bertz CT molecular complexity index is 454. The molecule has 1 aromatic carbocycles. The first kappa shape index (κ1) is 14.0. The summed E-state index contributed by atoms with van der Waals surface area (Å²) in [5, 5.41) is 12.3. The SMILES string of the molecule is Nc1ccc(NC2(CO)CCCC2)c(C(F)(F)F)c1. The van der Waals surface area contributed by atoms with E-state index in [2.05, 4.69) is 5.32 Å². The monoisotopic (exact) mass is 274 g/mol. The molecule has 0 aliphatic heterocycles. The molecule has 1 fully saturated rings. The number of hydrogen-bond donors (Lipinski definition) is 3. The van der Waals surface area contributed by atoms with Crippen LogP contribution < -0.4 is 11.1 Å². The molecule has 0 heterocycles. The van der Waals surface area contributed by atoms with Crippen molar-refractivity contribution in [3.63, 3.8) is 0 Å². The van der Waals surface area contributed by atoms with Crippen LogP contribution in [0.3, 0.4) is 0 Å². The van der Waals surface area contributed by atoms with E-state index >= 15 is 0 Å². The number of aliphatic hydroxyl groups is 1. The van der Waals surface area contributed by atoms with Gasteiger partial charge in [0.15, 0.2) is 0 Å². The minimum absolute atomic E-state index is 0.0161. The van der Waals surface area contributed by atoms with Crippen LogP contribution in [0, 0.1) is 0 Å². The van der Waals surface area contributed by atoms with Crippen molar-refractivity contribution < 1.29 is 18.3 Å². The Morgan fingerprint density at radius 3 is 2.42 bits per heavy atom. The molecule has 0 unspecified atom stereocenters. The molecule has 1 aliphatic rings. The smallest absolute Gasteiger partial charge is 0.399 e. The number of nitrogen functional groups attached to an aromatic ring is 1. The predicted octanol–water partition coefficient (Wildman–Crippen LogP) is 3.00. The first-order valence-electron chi connectivity index (χ1n) is 6.22. The molecule has 19 heavy (non-hydrogen) atoms. The number of benzene rings is 1. The van der Waals surface area contributed by atoms with E-state index in [1.54, 1.807) is 0 Å². The van der Waals surface area contributed by atoms with E-state index in [9.17, 15) is 18.3 Å². The van der Waals surface area contributed by atoms with Gasteiger partial charge in [0.2, 0.25) is 0 Å². The number of hydrogen-bond acceptors (Lipinski definition) is 3. The molecule has 4 N–H and O–H groups in total. The number of aliphatic hydroxyl groups excluding tert-OH is 1. The second kappa shape index (κ2) is 4.92. The third-order valence-corrected chi connectivity index (χ3v) is 3.61. The maximum Gasteiger partial charge on any atom is 0.418 e. The first-order chi connectivity index (χ1) is 8.86. The Labute approximate surface area is 109 Å². The molecule has 1 aliphatic carbocycles. The summed E-state index contributed by atoms with van der Waals surface area (Å²) in [6.07, 6.45) is -1.31. The molecule has 1 aromatic rings. The number of rotatable bonds is 3. The zero-order valence-electron chi connectivity index (χ0n) is 10.4. The van der Waals surface area contributed by atoms with E-state index in [-0.39, 0.29) is 18.0 Å². The summed E-state index contributed by atoms with van der Waals surface area (Å²) < 4.78 is 38.9. The highest BCUT2D eigenvalue weighted by molar-refractivity contribution is 5.60. The Kier molecular flexibility index (Phi) is 3.62. The number of anilines is 2. The zero-order valence-corrected chi connectivity index (χ0v) is 10.4. The number of halogens is 3. The normalized spacial score (nSPS) is 18.5. The molecule has 0 atom stereocenters. The van der Waals surface area contributed by atoms with Crippen molar-refractivity contribution in [2.75, 3.05) is 17.7 Å². The number of alkyl halides is 3. The van der Waals surface area contributed by atoms with Crippen molar-refractivity contribution in [2.24, 2.45) is 0 Å². The summed E-state index contributed by atoms with van der Waals surface area (Å²) in [6.45, 7) is -0.172. The van der Waals surface area contributed by atoms with Gasteiger partial charge in [-0.1, -0.05) is 12.8 Å². The van der Waals surface area contributed by atoms with Crippen LogP contribution in [-0.4, -0.2) is 17.3 Å². The lowest BCUT2D eigenvalue weighted by Crippen LogP contribution is -2.39. The van der Waals surface area contributed by atoms with Gasteiger partial charge in [0.1, 0.15) is 0 Å². The lowest BCUT2D eigenvalue weighted by molar-refractivity contribution is -0.137. The largest absolute Gasteiger partial charge is 0.418 e. The summed E-state index contributed by atoms with van der Waals surface area (Å²) in [5.41, 5.74) is 4.05. The van der Waals surface area contributed by atoms with Gasteiger partial charge in [-0.2, -0.15) is 13.2 Å². The van der Waals surface area contributed by atoms with Crippen molar-refractivity contribution in [2.45, 2.75) is 37.4 Å². The van der Waals surface area contributed by atoms with E-state index in [1.807, 2.05) is 0 Å². The maximum absolute atomic E-state index is 13.0. The van der Waals surface area contributed by atoms with Gasteiger partial charge in [-0.3, -0.25) is 0 Å². The van der Waals surface area contributed by atoms with Crippen molar-refractivity contribution in [1.29, 1.82) is 0 Å². The van der Waals surface area contributed by atoms with E-state index < -0.39 is 17.3 Å². The Morgan fingerprint density at radius 1 is 1.26 bits per heavy atom. The van der Waals surface area contributed by atoms with Gasteiger partial charge < -0.3 is 16.2 Å². The van der Waals surface area contributed by atoms with Crippen LogP contribution in [0.2, 0.25) is 0 Å². The Hall–Kier alpha value is -1.43. The lowest BCUT2D eigenvalue weighted by Gasteiger charge is -2.30. The van der Waals surface area contributed by atoms with Gasteiger partial charge in [-0.05, 0) is 31.0 Å². The fraction of sp³-hybridized carbons (Fsp3) is 0.538. The lowest BCUT2D eigenvalue weighted by atomic mass is 9.97. The second-order valence-corrected chi connectivity index (χ2v) is 5.07. The van der Waals surface area contributed by atoms with Crippen molar-refractivity contribution >= 4 is 11.4 Å². The van der Waals surface area contributed by atoms with Gasteiger partial charge in [0, 0.05) is 11.4 Å². The molecule has 0 amide bonds. The van der Waals surface area contributed by atoms with Crippen LogP contribution in [-0.2, 0) is 6.18 Å². The highest BCUT2D eigenvalue weighted by Gasteiger charge is 2.38. The summed E-state index contributed by atoms with van der Waals surface area (Å²) in [5.74, 6) is 0. The quantitative estimate of drug-likeness (QED) is 0.743. The van der Waals surface area contributed by atoms with Crippen LogP contribution >= 0.6 is 0 Å². The minimum atomic E-state index is -4.47. The summed E-state index contributed by atoms with van der Waals surface area (Å²) in [7, 11) is 0. The molecule has 0 radical (unpaired) electrons. The van der Waals surface area contributed by atoms with Crippen molar-refractivity contribution in [3.05, 3.63) is 23.8 Å². The van der Waals surface area contributed by atoms with E-state index in [1.165, 1.54) is 12.1 Å². The summed E-state index contributed by atoms with van der Waals surface area (Å²) >= 11 is 0. The number of nitrogens with two attached hydrogens (primary N) is 1. The van der Waals surface area contributed by atoms with Gasteiger partial charge in [-0.15, -0.1) is 0 Å². The first-order valence-corrected chi connectivity index (χ1v) is 6.22. The van der Waals surface area contributed by atoms with Crippen molar-refractivity contribution in [3.8, 4) is 0 Å². The predicted molar refractivity (Wildman–Crippen MR) is 67.8 cm³/mol. The van der Waals surface area contributed by atoms with Crippen LogP contribution in [0.5, 0.6) is 0 Å². The molecular weight excluding hydrogens is 257 g/mol. The van der Waals surface area contributed by atoms with Gasteiger partial charge in [-0.25, -0.2) is 0 Å². The fourth-order valence-electron chi connectivity index (χ4n) is 2.57. The average Bonchev–Trinajstić information content (AvgIpc) is 2.79. The van der Waals surface area contributed by atoms with E-state index in [0.29, 0.717) is 12.8 Å². The Balaban J connectivity index is 2.34. The highest BCUT2D eigenvalue weighted by Crippen LogP contribution is 2.40. The highest BCUT2D eigenvalue weighted by atomic mass is 19.4. The topological polar surface area (TPSA) is 58.3 Å². The average molecular weight is 274 g/mol. The molecule has 0 bridgehead atoms. The summed E-state index contributed by atoms with van der Waals surface area (Å²) in [6, 6.07) is 3.67. The Morgan fingerprint density at radius 2 is 1.89 bits per heavy atom. The summed E-state index contributed by atoms with van der Waals surface area (Å²) in [4.78, 5) is 0. The third-order valence-electron chi connectivity index (χ3n) is 3.61. The van der Waals surface area contributed by atoms with E-state index in [0.717, 1.165) is 18.9 Å². The van der Waals surface area contributed by atoms with Crippen molar-refractivity contribution in [1.82, 2.24) is 0 Å². The van der Waals surface area contributed by atoms with Crippen LogP contribution in [0.15, 0.2) is 18.2 Å². The molecule has 0 aromatic heterocycles. The molecule has 6 heteroatoms. The van der Waals surface area contributed by atoms with Gasteiger partial charge >= 0.3 is 6.18 Å².